The highest BCUT2D eigenvalue weighted by Gasteiger charge is 2.34. The van der Waals surface area contributed by atoms with Crippen LogP contribution in [0.3, 0.4) is 0 Å². The van der Waals surface area contributed by atoms with Crippen molar-refractivity contribution in [1.29, 1.82) is 5.26 Å². The number of rotatable bonds is 3. The summed E-state index contributed by atoms with van der Waals surface area (Å²) in [7, 11) is 0. The van der Waals surface area contributed by atoms with Gasteiger partial charge in [-0.2, -0.15) is 18.4 Å². The number of fused-ring (bicyclic) bond motifs is 2. The summed E-state index contributed by atoms with van der Waals surface area (Å²) in [6, 6.07) is 5.05. The quantitative estimate of drug-likeness (QED) is 0.449. The maximum atomic E-state index is 13.3. The number of aromatic amines is 1. The van der Waals surface area contributed by atoms with Crippen LogP contribution < -0.4 is 4.90 Å². The summed E-state index contributed by atoms with van der Waals surface area (Å²) in [5.41, 5.74) is 1.53. The third kappa shape index (κ3) is 3.52. The van der Waals surface area contributed by atoms with Crippen molar-refractivity contribution in [3.63, 3.8) is 0 Å². The highest BCUT2D eigenvalue weighted by atomic mass is 19.4. The monoisotopic (exact) mass is 463 g/mol. The van der Waals surface area contributed by atoms with E-state index in [1.807, 2.05) is 6.20 Å². The van der Waals surface area contributed by atoms with Crippen molar-refractivity contribution in [3.05, 3.63) is 42.0 Å². The second-order valence-corrected chi connectivity index (χ2v) is 8.96. The van der Waals surface area contributed by atoms with Crippen LogP contribution in [0.1, 0.15) is 42.9 Å². The first-order valence-electron chi connectivity index (χ1n) is 11.3. The molecule has 172 valence electrons. The fourth-order valence-corrected chi connectivity index (χ4v) is 4.74. The summed E-state index contributed by atoms with van der Waals surface area (Å²) in [4.78, 5) is 22.7. The molecule has 1 saturated heterocycles. The van der Waals surface area contributed by atoms with Gasteiger partial charge in [0.15, 0.2) is 5.82 Å². The number of pyridine rings is 2. The topological polar surface area (TPSA) is 94.4 Å². The van der Waals surface area contributed by atoms with Crippen molar-refractivity contribution in [2.24, 2.45) is 5.92 Å². The largest absolute Gasteiger partial charge is 0.431 e. The summed E-state index contributed by atoms with van der Waals surface area (Å²) >= 11 is 0. The SMILES string of the molecule is N#CC1CCN(c2nc(-c3ccnc4[nH]c(C(F)(F)F)cc34)nc3cncc(C4CC4)c23)CC1. The Labute approximate surface area is 192 Å². The van der Waals surface area contributed by atoms with Gasteiger partial charge in [0.1, 0.15) is 17.2 Å². The van der Waals surface area contributed by atoms with Gasteiger partial charge < -0.3 is 9.88 Å². The number of alkyl halides is 3. The van der Waals surface area contributed by atoms with E-state index in [1.165, 1.54) is 6.20 Å². The van der Waals surface area contributed by atoms with Crippen LogP contribution in [-0.4, -0.2) is 38.0 Å². The third-order valence-electron chi connectivity index (χ3n) is 6.69. The molecule has 0 atom stereocenters. The fourth-order valence-electron chi connectivity index (χ4n) is 4.74. The summed E-state index contributed by atoms with van der Waals surface area (Å²) in [6.45, 7) is 1.37. The molecule has 0 amide bonds. The van der Waals surface area contributed by atoms with Gasteiger partial charge in [0.25, 0.3) is 0 Å². The van der Waals surface area contributed by atoms with Crippen molar-refractivity contribution in [3.8, 4) is 17.5 Å². The second kappa shape index (κ2) is 7.65. The van der Waals surface area contributed by atoms with Crippen molar-refractivity contribution in [2.45, 2.75) is 37.8 Å². The standard InChI is InChI=1S/C24H20F3N7/c25-24(26,27)19-9-16-15(3-6-30-21(16)32-19)22-31-18-12-29-11-17(14-1-2-14)20(18)23(33-22)34-7-4-13(10-28)5-8-34/h3,6,9,11-14H,1-2,4-5,7-8H2,(H,30,32). The van der Waals surface area contributed by atoms with Gasteiger partial charge in [0.2, 0.25) is 0 Å². The average Bonchev–Trinajstić information content (AvgIpc) is 3.59. The minimum absolute atomic E-state index is 0.0221. The van der Waals surface area contributed by atoms with E-state index in [0.29, 0.717) is 41.3 Å². The minimum atomic E-state index is -4.51. The summed E-state index contributed by atoms with van der Waals surface area (Å²) in [6.07, 6.45) is 4.18. The molecule has 2 fully saturated rings. The predicted molar refractivity (Wildman–Crippen MR) is 120 cm³/mol. The number of piperidine rings is 1. The third-order valence-corrected chi connectivity index (χ3v) is 6.69. The lowest BCUT2D eigenvalue weighted by Gasteiger charge is -2.31. The lowest BCUT2D eigenvalue weighted by atomic mass is 9.98. The highest BCUT2D eigenvalue weighted by Crippen LogP contribution is 2.45. The molecule has 4 aromatic rings. The number of anilines is 1. The van der Waals surface area contributed by atoms with Crippen molar-refractivity contribution in [1.82, 2.24) is 24.9 Å². The first-order chi connectivity index (χ1) is 16.4. The van der Waals surface area contributed by atoms with Gasteiger partial charge in [-0.15, -0.1) is 0 Å². The van der Waals surface area contributed by atoms with E-state index in [1.54, 1.807) is 12.3 Å². The lowest BCUT2D eigenvalue weighted by molar-refractivity contribution is -0.140. The van der Waals surface area contributed by atoms with E-state index in [4.69, 9.17) is 9.97 Å². The Morgan fingerprint density at radius 3 is 2.59 bits per heavy atom. The molecule has 2 aliphatic rings. The van der Waals surface area contributed by atoms with Gasteiger partial charge >= 0.3 is 6.18 Å². The first-order valence-corrected chi connectivity index (χ1v) is 11.3. The minimum Gasteiger partial charge on any atom is -0.356 e. The zero-order valence-corrected chi connectivity index (χ0v) is 18.1. The van der Waals surface area contributed by atoms with Gasteiger partial charge in [0.05, 0.1) is 17.8 Å². The number of hydrogen-bond donors (Lipinski definition) is 1. The molecule has 5 heterocycles. The fraction of sp³-hybridized carbons (Fsp3) is 0.375. The Kier molecular flexibility index (Phi) is 4.69. The van der Waals surface area contributed by atoms with Crippen molar-refractivity contribution >= 4 is 27.8 Å². The van der Waals surface area contributed by atoms with E-state index in [0.717, 1.165) is 48.5 Å². The van der Waals surface area contributed by atoms with Crippen LogP contribution in [0.4, 0.5) is 19.0 Å². The number of nitriles is 1. The van der Waals surface area contributed by atoms with Gasteiger partial charge in [-0.25, -0.2) is 15.0 Å². The number of halogens is 3. The maximum absolute atomic E-state index is 13.3. The van der Waals surface area contributed by atoms with Gasteiger partial charge in [-0.3, -0.25) is 4.98 Å². The van der Waals surface area contributed by atoms with Gasteiger partial charge in [0, 0.05) is 47.7 Å². The molecule has 0 radical (unpaired) electrons. The predicted octanol–water partition coefficient (Wildman–Crippen LogP) is 5.20. The van der Waals surface area contributed by atoms with E-state index in [2.05, 4.69) is 25.9 Å². The number of aromatic nitrogens is 5. The number of H-pyrrole nitrogens is 1. The van der Waals surface area contributed by atoms with Gasteiger partial charge in [-0.05, 0) is 49.3 Å². The van der Waals surface area contributed by atoms with Gasteiger partial charge in [-0.1, -0.05) is 0 Å². The molecule has 4 aromatic heterocycles. The molecule has 34 heavy (non-hydrogen) atoms. The molecule has 0 unspecified atom stereocenters. The number of nitrogens with zero attached hydrogens (tertiary/aromatic N) is 6. The van der Waals surface area contributed by atoms with E-state index < -0.39 is 11.9 Å². The van der Waals surface area contributed by atoms with Crippen LogP contribution in [0, 0.1) is 17.2 Å². The molecule has 0 aromatic carbocycles. The molecule has 6 rings (SSSR count). The summed E-state index contributed by atoms with van der Waals surface area (Å²) < 4.78 is 40.0. The van der Waals surface area contributed by atoms with Crippen molar-refractivity contribution < 1.29 is 13.2 Å². The molecule has 1 saturated carbocycles. The molecule has 1 aliphatic heterocycles. The van der Waals surface area contributed by atoms with E-state index in [-0.39, 0.29) is 11.6 Å². The normalized spacial score (nSPS) is 17.4. The highest BCUT2D eigenvalue weighted by molar-refractivity contribution is 5.97. The van der Waals surface area contributed by atoms with E-state index in [9.17, 15) is 18.4 Å². The van der Waals surface area contributed by atoms with Crippen LogP contribution in [0.5, 0.6) is 0 Å². The molecule has 1 aliphatic carbocycles. The van der Waals surface area contributed by atoms with Crippen LogP contribution in [0.2, 0.25) is 0 Å². The Balaban J connectivity index is 1.55. The molecule has 1 N–H and O–H groups in total. The summed E-state index contributed by atoms with van der Waals surface area (Å²) in [5.74, 6) is 1.54. The molecule has 0 spiro atoms. The second-order valence-electron chi connectivity index (χ2n) is 8.96. The molecule has 7 nitrogen and oxygen atoms in total. The van der Waals surface area contributed by atoms with E-state index >= 15 is 0 Å². The van der Waals surface area contributed by atoms with Crippen LogP contribution >= 0.6 is 0 Å². The Bertz CT molecular complexity index is 1440. The molecule has 0 bridgehead atoms. The Hall–Kier alpha value is -3.74. The molecular weight excluding hydrogens is 443 g/mol. The van der Waals surface area contributed by atoms with Crippen molar-refractivity contribution in [2.75, 3.05) is 18.0 Å². The first kappa shape index (κ1) is 20.8. The zero-order valence-electron chi connectivity index (χ0n) is 18.1. The average molecular weight is 463 g/mol. The zero-order chi connectivity index (χ0) is 23.4. The number of nitrogens with one attached hydrogen (secondary N) is 1. The molecular formula is C24H20F3N7. The lowest BCUT2D eigenvalue weighted by Crippen LogP contribution is -2.34. The number of hydrogen-bond acceptors (Lipinski definition) is 6. The van der Waals surface area contributed by atoms with Crippen LogP contribution in [0.25, 0.3) is 33.3 Å². The van der Waals surface area contributed by atoms with Crippen LogP contribution in [-0.2, 0) is 6.18 Å². The molecule has 10 heteroatoms. The Morgan fingerprint density at radius 1 is 1.09 bits per heavy atom. The smallest absolute Gasteiger partial charge is 0.356 e. The summed E-state index contributed by atoms with van der Waals surface area (Å²) in [5, 5.41) is 10.6. The maximum Gasteiger partial charge on any atom is 0.431 e. The van der Waals surface area contributed by atoms with Crippen LogP contribution in [0.15, 0.2) is 30.7 Å². The Morgan fingerprint density at radius 2 is 1.88 bits per heavy atom.